The number of carbonyl (C=O) groups excluding carboxylic acids is 1. The van der Waals surface area contributed by atoms with Crippen LogP contribution in [0.5, 0.6) is 0 Å². The van der Waals surface area contributed by atoms with Crippen LogP contribution in [0.4, 0.5) is 5.95 Å². The number of nitrogens with two attached hydrogens (primary N) is 2. The van der Waals surface area contributed by atoms with Crippen molar-refractivity contribution in [1.29, 1.82) is 0 Å². The fourth-order valence-electron chi connectivity index (χ4n) is 2.83. The molecule has 0 unspecified atom stereocenters. The molecule has 2 heterocycles. The minimum absolute atomic E-state index is 0.200. The van der Waals surface area contributed by atoms with Gasteiger partial charge in [-0.15, -0.1) is 0 Å². The van der Waals surface area contributed by atoms with E-state index in [0.717, 1.165) is 24.0 Å². The molecule has 0 radical (unpaired) electrons. The average molecular weight is 316 g/mol. The minimum Gasteiger partial charge on any atom is -0.461 e. The number of fused-ring (bicyclic) bond motifs is 3. The van der Waals surface area contributed by atoms with E-state index in [4.69, 9.17) is 16.2 Å². The molecule has 1 aliphatic rings. The molecule has 8 heteroatoms. The third-order valence-corrected chi connectivity index (χ3v) is 3.85. The van der Waals surface area contributed by atoms with E-state index in [9.17, 15) is 4.79 Å². The topological polar surface area (TPSA) is 122 Å². The van der Waals surface area contributed by atoms with Crippen LogP contribution < -0.4 is 11.5 Å². The summed E-state index contributed by atoms with van der Waals surface area (Å²) in [6.45, 7) is 3.20. The van der Waals surface area contributed by atoms with Crippen LogP contribution in [0.3, 0.4) is 0 Å². The predicted molar refractivity (Wildman–Crippen MR) is 84.7 cm³/mol. The summed E-state index contributed by atoms with van der Waals surface area (Å²) < 4.78 is 6.88. The molecular weight excluding hydrogens is 296 g/mol. The van der Waals surface area contributed by atoms with Gasteiger partial charge in [-0.05, 0) is 38.3 Å². The van der Waals surface area contributed by atoms with Crippen molar-refractivity contribution in [3.8, 4) is 11.4 Å². The van der Waals surface area contributed by atoms with Crippen LogP contribution in [0.1, 0.15) is 35.0 Å². The lowest BCUT2D eigenvalue weighted by molar-refractivity contribution is 0.0510. The molecule has 0 aliphatic heterocycles. The molecule has 23 heavy (non-hydrogen) atoms. The highest BCUT2D eigenvalue weighted by Gasteiger charge is 2.30. The Kier molecular flexibility index (Phi) is 4.24. The van der Waals surface area contributed by atoms with E-state index in [-0.39, 0.29) is 11.9 Å². The van der Waals surface area contributed by atoms with Gasteiger partial charge in [0.2, 0.25) is 5.95 Å². The van der Waals surface area contributed by atoms with Gasteiger partial charge in [-0.1, -0.05) is 0 Å². The number of hydrogen-bond acceptors (Lipinski definition) is 7. The van der Waals surface area contributed by atoms with E-state index in [1.165, 1.54) is 0 Å². The third kappa shape index (κ3) is 2.77. The van der Waals surface area contributed by atoms with Crippen molar-refractivity contribution >= 4 is 11.9 Å². The maximum absolute atomic E-state index is 12.4. The van der Waals surface area contributed by atoms with Crippen LogP contribution in [-0.4, -0.2) is 38.9 Å². The molecule has 0 saturated heterocycles. The highest BCUT2D eigenvalue weighted by atomic mass is 16.5. The van der Waals surface area contributed by atoms with Crippen molar-refractivity contribution in [3.63, 3.8) is 0 Å². The SMILES string of the molecule is CCOC(=O)c1c2c(nn1CCCN)-c1nc(N)ncc1CC2. The molecular formula is C15H20N6O2. The predicted octanol–water partition coefficient (Wildman–Crippen LogP) is 0.546. The number of hydrogen-bond donors (Lipinski definition) is 2. The number of esters is 1. The summed E-state index contributed by atoms with van der Waals surface area (Å²) in [4.78, 5) is 20.7. The second-order valence-corrected chi connectivity index (χ2v) is 5.36. The van der Waals surface area contributed by atoms with Gasteiger partial charge in [0.1, 0.15) is 11.4 Å². The lowest BCUT2D eigenvalue weighted by atomic mass is 9.93. The first-order valence-electron chi connectivity index (χ1n) is 7.74. The Morgan fingerprint density at radius 2 is 2.22 bits per heavy atom. The van der Waals surface area contributed by atoms with Crippen molar-refractivity contribution < 1.29 is 9.53 Å². The van der Waals surface area contributed by atoms with Gasteiger partial charge in [0.15, 0.2) is 0 Å². The number of aryl methyl sites for hydroxylation is 2. The standard InChI is InChI=1S/C15H20N6O2/c1-2-23-14(22)13-10-5-4-9-8-18-15(17)19-11(9)12(10)20-21(13)7-3-6-16/h8H,2-7,16H2,1H3,(H2,17,18,19). The summed E-state index contributed by atoms with van der Waals surface area (Å²) in [5.74, 6) is -0.158. The van der Waals surface area contributed by atoms with E-state index in [1.54, 1.807) is 17.8 Å². The van der Waals surface area contributed by atoms with E-state index >= 15 is 0 Å². The van der Waals surface area contributed by atoms with E-state index in [1.807, 2.05) is 0 Å². The first-order valence-corrected chi connectivity index (χ1v) is 7.74. The zero-order chi connectivity index (χ0) is 16.4. The molecule has 8 nitrogen and oxygen atoms in total. The Morgan fingerprint density at radius 3 is 2.96 bits per heavy atom. The fourth-order valence-corrected chi connectivity index (χ4v) is 2.83. The maximum Gasteiger partial charge on any atom is 0.356 e. The average Bonchev–Trinajstić information content (AvgIpc) is 2.92. The molecule has 0 aromatic carbocycles. The largest absolute Gasteiger partial charge is 0.461 e. The number of nitrogens with zero attached hydrogens (tertiary/aromatic N) is 4. The van der Waals surface area contributed by atoms with E-state index < -0.39 is 0 Å². The smallest absolute Gasteiger partial charge is 0.356 e. The highest BCUT2D eigenvalue weighted by molar-refractivity contribution is 5.92. The van der Waals surface area contributed by atoms with Crippen molar-refractivity contribution in [1.82, 2.24) is 19.7 Å². The second kappa shape index (κ2) is 6.33. The summed E-state index contributed by atoms with van der Waals surface area (Å²) in [5.41, 5.74) is 15.0. The Morgan fingerprint density at radius 1 is 1.39 bits per heavy atom. The van der Waals surface area contributed by atoms with Gasteiger partial charge in [0, 0.05) is 18.3 Å². The fraction of sp³-hybridized carbons (Fsp3) is 0.467. The summed E-state index contributed by atoms with van der Waals surface area (Å²) in [5, 5.41) is 4.59. The molecule has 2 aromatic rings. The van der Waals surface area contributed by atoms with Crippen molar-refractivity contribution in [2.45, 2.75) is 32.7 Å². The lowest BCUT2D eigenvalue weighted by Gasteiger charge is -2.14. The van der Waals surface area contributed by atoms with E-state index in [2.05, 4.69) is 15.1 Å². The van der Waals surface area contributed by atoms with Crippen molar-refractivity contribution in [2.75, 3.05) is 18.9 Å². The normalized spacial score (nSPS) is 12.6. The molecule has 0 atom stereocenters. The second-order valence-electron chi connectivity index (χ2n) is 5.36. The molecule has 2 aromatic heterocycles. The van der Waals surface area contributed by atoms with Crippen molar-refractivity contribution in [2.24, 2.45) is 5.73 Å². The van der Waals surface area contributed by atoms with Crippen LogP contribution in [0.2, 0.25) is 0 Å². The summed E-state index contributed by atoms with van der Waals surface area (Å²) in [7, 11) is 0. The first-order chi connectivity index (χ1) is 11.2. The molecule has 4 N–H and O–H groups in total. The number of rotatable bonds is 5. The zero-order valence-electron chi connectivity index (χ0n) is 13.1. The van der Waals surface area contributed by atoms with E-state index in [0.29, 0.717) is 43.2 Å². The number of anilines is 1. The van der Waals surface area contributed by atoms with Crippen LogP contribution >= 0.6 is 0 Å². The Bertz CT molecular complexity index is 740. The molecule has 1 aliphatic carbocycles. The quantitative estimate of drug-likeness (QED) is 0.772. The molecule has 0 amide bonds. The van der Waals surface area contributed by atoms with Gasteiger partial charge < -0.3 is 16.2 Å². The summed E-state index contributed by atoms with van der Waals surface area (Å²) >= 11 is 0. The summed E-state index contributed by atoms with van der Waals surface area (Å²) in [6, 6.07) is 0. The van der Waals surface area contributed by atoms with Gasteiger partial charge >= 0.3 is 5.97 Å². The van der Waals surface area contributed by atoms with Crippen molar-refractivity contribution in [3.05, 3.63) is 23.0 Å². The van der Waals surface area contributed by atoms with Crippen LogP contribution in [0.15, 0.2) is 6.20 Å². The highest BCUT2D eigenvalue weighted by Crippen LogP contribution is 2.33. The third-order valence-electron chi connectivity index (χ3n) is 3.85. The number of aromatic nitrogens is 4. The Balaban J connectivity index is 2.12. The maximum atomic E-state index is 12.4. The van der Waals surface area contributed by atoms with Gasteiger partial charge in [-0.2, -0.15) is 5.10 Å². The monoisotopic (exact) mass is 316 g/mol. The van der Waals surface area contributed by atoms with Gasteiger partial charge in [0.25, 0.3) is 0 Å². The van der Waals surface area contributed by atoms with Crippen LogP contribution in [-0.2, 0) is 24.1 Å². The molecule has 0 fully saturated rings. The van der Waals surface area contributed by atoms with Gasteiger partial charge in [0.05, 0.1) is 12.3 Å². The number of nitrogen functional groups attached to an aromatic ring is 1. The van der Waals surface area contributed by atoms with Crippen LogP contribution in [0.25, 0.3) is 11.4 Å². The molecule has 0 spiro atoms. The zero-order valence-corrected chi connectivity index (χ0v) is 13.1. The lowest BCUT2D eigenvalue weighted by Crippen LogP contribution is -2.17. The molecule has 0 saturated carbocycles. The first kappa shape index (κ1) is 15.4. The Hall–Kier alpha value is -2.48. The van der Waals surface area contributed by atoms with Gasteiger partial charge in [-0.3, -0.25) is 4.68 Å². The van der Waals surface area contributed by atoms with Gasteiger partial charge in [-0.25, -0.2) is 14.8 Å². The molecule has 122 valence electrons. The molecule has 3 rings (SSSR count). The number of ether oxygens (including phenoxy) is 1. The molecule has 0 bridgehead atoms. The Labute approximate surface area is 133 Å². The van der Waals surface area contributed by atoms with Crippen LogP contribution in [0, 0.1) is 0 Å². The number of carbonyl (C=O) groups is 1. The summed E-state index contributed by atoms with van der Waals surface area (Å²) in [6.07, 6.45) is 3.90. The minimum atomic E-state index is -0.358.